The Morgan fingerprint density at radius 2 is 2.14 bits per heavy atom. The highest BCUT2D eigenvalue weighted by molar-refractivity contribution is 7.98. The molecule has 1 aliphatic rings. The minimum atomic E-state index is -0.529. The molecule has 1 unspecified atom stereocenters. The molecule has 4 aromatic rings. The van der Waals surface area contributed by atoms with Gasteiger partial charge in [0.05, 0.1) is 29.1 Å². The summed E-state index contributed by atoms with van der Waals surface area (Å²) in [7, 11) is 0. The lowest BCUT2D eigenvalue weighted by molar-refractivity contribution is 0.0902. The Labute approximate surface area is 211 Å². The van der Waals surface area contributed by atoms with Crippen molar-refractivity contribution in [3.63, 3.8) is 0 Å². The van der Waals surface area contributed by atoms with Crippen molar-refractivity contribution in [2.24, 2.45) is 11.8 Å². The van der Waals surface area contributed by atoms with Crippen molar-refractivity contribution in [1.29, 1.82) is 0 Å². The molecule has 5 rings (SSSR count). The maximum absolute atomic E-state index is 14.5. The number of fused-ring (bicyclic) bond motifs is 1. The monoisotopic (exact) mass is 514 g/mol. The molecule has 1 aliphatic heterocycles. The topological polar surface area (TPSA) is 98.9 Å². The van der Waals surface area contributed by atoms with Crippen LogP contribution in [0.15, 0.2) is 40.0 Å². The van der Waals surface area contributed by atoms with Crippen molar-refractivity contribution < 1.29 is 13.7 Å². The first kappa shape index (κ1) is 24.1. The lowest BCUT2D eigenvalue weighted by Gasteiger charge is -2.44. The van der Waals surface area contributed by atoms with Crippen molar-refractivity contribution in [3.05, 3.63) is 42.2 Å². The largest absolute Gasteiger partial charge is 0.470 e. The fourth-order valence-electron chi connectivity index (χ4n) is 5.00. The van der Waals surface area contributed by atoms with E-state index in [1.165, 1.54) is 23.1 Å². The Kier molecular flexibility index (Phi) is 6.99. The number of hydrogen-bond donors (Lipinski definition) is 1. The molecule has 0 amide bonds. The van der Waals surface area contributed by atoms with Crippen LogP contribution in [0.1, 0.15) is 32.4 Å². The number of rotatable bonds is 8. The zero-order chi connectivity index (χ0) is 24.4. The fraction of sp³-hybridized carbons (Fsp3) is 0.458. The molecule has 0 spiro atoms. The molecular formula is C24H27FN6O2S2. The highest BCUT2D eigenvalue weighted by Crippen LogP contribution is 2.44. The molecule has 1 fully saturated rings. The number of aromatic nitrogens is 5. The van der Waals surface area contributed by atoms with Gasteiger partial charge < -0.3 is 14.6 Å². The van der Waals surface area contributed by atoms with Gasteiger partial charge >= 0.3 is 0 Å². The van der Waals surface area contributed by atoms with Gasteiger partial charge in [-0.25, -0.2) is 15.0 Å². The number of thiazole rings is 1. The van der Waals surface area contributed by atoms with Gasteiger partial charge in [0.25, 0.3) is 5.19 Å². The fourth-order valence-corrected chi connectivity index (χ4v) is 6.19. The first-order valence-electron chi connectivity index (χ1n) is 11.6. The van der Waals surface area contributed by atoms with Crippen molar-refractivity contribution in [2.75, 3.05) is 26.0 Å². The molecule has 5 heterocycles. The molecule has 8 nitrogen and oxygen atoms in total. The molecule has 1 N–H and O–H groups in total. The average Bonchev–Trinajstić information content (AvgIpc) is 3.54. The van der Waals surface area contributed by atoms with Crippen molar-refractivity contribution in [3.8, 4) is 16.5 Å². The summed E-state index contributed by atoms with van der Waals surface area (Å²) in [4.78, 5) is 13.9. The van der Waals surface area contributed by atoms with E-state index in [4.69, 9.17) is 9.26 Å². The van der Waals surface area contributed by atoms with Crippen molar-refractivity contribution in [1.82, 2.24) is 30.6 Å². The van der Waals surface area contributed by atoms with E-state index >= 15 is 0 Å². The summed E-state index contributed by atoms with van der Waals surface area (Å²) in [5, 5.41) is 12.4. The van der Waals surface area contributed by atoms with Crippen LogP contribution in [-0.2, 0) is 5.41 Å². The number of nitrogens with one attached hydrogen (secondary N) is 1. The molecular weight excluding hydrogens is 487 g/mol. The summed E-state index contributed by atoms with van der Waals surface area (Å²) in [5.41, 5.74) is 1.42. The van der Waals surface area contributed by atoms with Gasteiger partial charge in [-0.3, -0.25) is 0 Å². The van der Waals surface area contributed by atoms with Crippen LogP contribution < -0.4 is 10.1 Å². The van der Waals surface area contributed by atoms with E-state index in [2.05, 4.69) is 44.5 Å². The highest BCUT2D eigenvalue weighted by Gasteiger charge is 2.46. The number of hydrogen-bond acceptors (Lipinski definition) is 10. The maximum atomic E-state index is 14.5. The van der Waals surface area contributed by atoms with E-state index in [0.29, 0.717) is 44.8 Å². The number of piperidine rings is 1. The maximum Gasteiger partial charge on any atom is 0.275 e. The average molecular weight is 515 g/mol. The molecule has 1 saturated heterocycles. The second-order valence-electron chi connectivity index (χ2n) is 9.03. The standard InChI is InChI=1S/C24H27FN6O2S2/c1-14(2)16-12-26-10-8-24(16,19-13-27-31-33-19)9-11-32-23-29-18-6-5-17(28-22(18)35-23)15-4-7-20(34-3)30-21(15)25/h4-7,13-14,16,26H,8-12H2,1-3H3/t16?,24-/m0/s1. The van der Waals surface area contributed by atoms with Crippen LogP contribution in [0.25, 0.3) is 21.6 Å². The summed E-state index contributed by atoms with van der Waals surface area (Å²) in [6.45, 7) is 6.77. The molecule has 0 saturated carbocycles. The Morgan fingerprint density at radius 3 is 2.89 bits per heavy atom. The summed E-state index contributed by atoms with van der Waals surface area (Å²) < 4.78 is 26.2. The quantitative estimate of drug-likeness (QED) is 0.258. The van der Waals surface area contributed by atoms with Crippen LogP contribution >= 0.6 is 23.1 Å². The SMILES string of the molecule is CSc1ccc(-c2ccc3nc(OCC[C@@]4(c5cnno5)CCNCC4C(C)C)sc3n2)c(F)n1. The molecule has 0 aromatic carbocycles. The van der Waals surface area contributed by atoms with Gasteiger partial charge in [0.15, 0.2) is 5.76 Å². The van der Waals surface area contributed by atoms with E-state index in [-0.39, 0.29) is 5.41 Å². The molecule has 0 aliphatic carbocycles. The normalized spacial score (nSPS) is 20.5. The lowest BCUT2D eigenvalue weighted by Crippen LogP contribution is -2.50. The summed E-state index contributed by atoms with van der Waals surface area (Å²) in [6, 6.07) is 7.11. The zero-order valence-electron chi connectivity index (χ0n) is 19.8. The van der Waals surface area contributed by atoms with Gasteiger partial charge in [0.1, 0.15) is 10.3 Å². The van der Waals surface area contributed by atoms with Crippen LogP contribution in [-0.4, -0.2) is 51.3 Å². The van der Waals surface area contributed by atoms with Gasteiger partial charge in [0.2, 0.25) is 5.95 Å². The van der Waals surface area contributed by atoms with Crippen LogP contribution in [0.5, 0.6) is 5.19 Å². The molecule has 184 valence electrons. The van der Waals surface area contributed by atoms with Crippen molar-refractivity contribution in [2.45, 2.75) is 37.1 Å². The third-order valence-electron chi connectivity index (χ3n) is 6.80. The number of ether oxygens (including phenoxy) is 1. The Hall–Kier alpha value is -2.63. The van der Waals surface area contributed by atoms with Gasteiger partial charge in [-0.1, -0.05) is 25.2 Å². The number of nitrogens with zero attached hydrogens (tertiary/aromatic N) is 5. The number of thioether (sulfide) groups is 1. The van der Waals surface area contributed by atoms with Gasteiger partial charge in [-0.2, -0.15) is 4.39 Å². The highest BCUT2D eigenvalue weighted by atomic mass is 32.2. The zero-order valence-corrected chi connectivity index (χ0v) is 21.5. The second kappa shape index (κ2) is 10.2. The Balaban J connectivity index is 1.34. The van der Waals surface area contributed by atoms with Crippen LogP contribution in [0.4, 0.5) is 4.39 Å². The summed E-state index contributed by atoms with van der Waals surface area (Å²) in [5.74, 6) is 1.12. The second-order valence-corrected chi connectivity index (χ2v) is 10.8. The molecule has 35 heavy (non-hydrogen) atoms. The van der Waals surface area contributed by atoms with Gasteiger partial charge in [0, 0.05) is 10.7 Å². The molecule has 4 aromatic heterocycles. The number of halogens is 1. The molecule has 0 radical (unpaired) electrons. The van der Waals surface area contributed by atoms with Crippen molar-refractivity contribution >= 4 is 33.4 Å². The minimum Gasteiger partial charge on any atom is -0.470 e. The van der Waals surface area contributed by atoms with Crippen LogP contribution in [0, 0.1) is 17.8 Å². The predicted molar refractivity (Wildman–Crippen MR) is 134 cm³/mol. The molecule has 0 bridgehead atoms. The first-order valence-corrected chi connectivity index (χ1v) is 13.6. The third kappa shape index (κ3) is 4.76. The van der Waals surface area contributed by atoms with Gasteiger partial charge in [-0.15, -0.1) is 16.9 Å². The Morgan fingerprint density at radius 1 is 1.26 bits per heavy atom. The predicted octanol–water partition coefficient (Wildman–Crippen LogP) is 4.97. The minimum absolute atomic E-state index is 0.196. The summed E-state index contributed by atoms with van der Waals surface area (Å²) >= 11 is 2.76. The third-order valence-corrected chi connectivity index (χ3v) is 8.32. The first-order chi connectivity index (χ1) is 17.0. The van der Waals surface area contributed by atoms with E-state index < -0.39 is 5.95 Å². The molecule has 2 atom stereocenters. The summed E-state index contributed by atoms with van der Waals surface area (Å²) in [6.07, 6.45) is 5.30. The van der Waals surface area contributed by atoms with Crippen LogP contribution in [0.2, 0.25) is 0 Å². The smallest absolute Gasteiger partial charge is 0.275 e. The van der Waals surface area contributed by atoms with Gasteiger partial charge in [-0.05, 0) is 68.3 Å². The van der Waals surface area contributed by atoms with E-state index in [0.717, 1.165) is 37.2 Å². The Bertz CT molecular complexity index is 1300. The van der Waals surface area contributed by atoms with E-state index in [1.54, 1.807) is 24.4 Å². The van der Waals surface area contributed by atoms with E-state index in [9.17, 15) is 4.39 Å². The molecule has 11 heteroatoms. The van der Waals surface area contributed by atoms with E-state index in [1.807, 2.05) is 12.3 Å². The van der Waals surface area contributed by atoms with Crippen LogP contribution in [0.3, 0.4) is 0 Å². The lowest BCUT2D eigenvalue weighted by atomic mass is 9.63. The number of pyridine rings is 2.